The summed E-state index contributed by atoms with van der Waals surface area (Å²) >= 11 is 5.67. The van der Waals surface area contributed by atoms with Gasteiger partial charge in [0, 0.05) is 11.6 Å². The minimum Gasteiger partial charge on any atom is -0.507 e. The Bertz CT molecular complexity index is 229. The van der Waals surface area contributed by atoms with Gasteiger partial charge in [0.1, 0.15) is 5.75 Å². The fourth-order valence-electron chi connectivity index (χ4n) is 0.748. The molecule has 10 heavy (non-hydrogen) atoms. The van der Waals surface area contributed by atoms with Crippen molar-refractivity contribution in [2.24, 2.45) is 0 Å². The Kier molecular flexibility index (Phi) is 1.86. The molecule has 0 unspecified atom stereocenters. The second-order valence-corrected chi connectivity index (χ2v) is 2.64. The van der Waals surface area contributed by atoms with Gasteiger partial charge in [-0.3, -0.25) is 0 Å². The van der Waals surface area contributed by atoms with E-state index in [1.54, 1.807) is 13.0 Å². The monoisotopic (exact) mass is 155 g/mol. The Hall–Kier alpha value is -0.690. The Morgan fingerprint density at radius 2 is 2.10 bits per heavy atom. The third kappa shape index (κ3) is 1.09. The molecule has 0 amide bonds. The van der Waals surface area contributed by atoms with Gasteiger partial charge in [-0.2, -0.15) is 0 Å². The van der Waals surface area contributed by atoms with Crippen molar-refractivity contribution in [1.82, 2.24) is 0 Å². The fourth-order valence-corrected chi connectivity index (χ4v) is 0.892. The number of hydrogen-bond acceptors (Lipinski definition) is 1. The first kappa shape index (κ1) is 7.42. The first-order valence-electron chi connectivity index (χ1n) is 2.99. The van der Waals surface area contributed by atoms with E-state index >= 15 is 0 Å². The van der Waals surface area contributed by atoms with Crippen LogP contribution in [-0.2, 0) is 0 Å². The van der Waals surface area contributed by atoms with Gasteiger partial charge >= 0.3 is 0 Å². The summed E-state index contributed by atoms with van der Waals surface area (Å²) in [6.45, 7) is 3.58. The smallest absolute Gasteiger partial charge is 0.122 e. The van der Waals surface area contributed by atoms with Crippen molar-refractivity contribution in [2.45, 2.75) is 13.8 Å². The molecule has 1 N–H and O–H groups in total. The minimum atomic E-state index is 0.267. The van der Waals surface area contributed by atoms with E-state index in [4.69, 9.17) is 11.6 Å². The molecule has 0 saturated heterocycles. The largest absolute Gasteiger partial charge is 0.507 e. The van der Waals surface area contributed by atoms with Gasteiger partial charge < -0.3 is 5.11 Å². The number of benzene rings is 1. The zero-order chi connectivity index (χ0) is 7.72. The van der Waals surface area contributed by atoms with Gasteiger partial charge in [0.05, 0.1) is 5.02 Å². The first-order chi connectivity index (χ1) is 4.63. The predicted molar refractivity (Wildman–Crippen MR) is 41.4 cm³/mol. The average molecular weight is 156 g/mol. The Balaban J connectivity index is 3.34. The lowest BCUT2D eigenvalue weighted by Crippen LogP contribution is -1.80. The van der Waals surface area contributed by atoms with Crippen molar-refractivity contribution < 1.29 is 5.11 Å². The molecule has 0 bridgehead atoms. The van der Waals surface area contributed by atoms with Gasteiger partial charge in [0.25, 0.3) is 0 Å². The number of hydrogen-bond donors (Lipinski definition) is 1. The van der Waals surface area contributed by atoms with Crippen molar-refractivity contribution in [3.8, 4) is 5.75 Å². The molecule has 1 nitrogen and oxygen atoms in total. The Labute approximate surface area is 65.3 Å². The predicted octanol–water partition coefficient (Wildman–Crippen LogP) is 2.46. The second kappa shape index (κ2) is 2.51. The van der Waals surface area contributed by atoms with Crippen LogP contribution < -0.4 is 0 Å². The highest BCUT2D eigenvalue weighted by molar-refractivity contribution is 6.31. The lowest BCUT2D eigenvalue weighted by atomic mass is 10.1. The average Bonchev–Trinajstić information content (AvgIpc) is 1.93. The minimum absolute atomic E-state index is 0.267. The number of halogens is 1. The SMILES string of the molecule is Cc1c[c]c(Cl)c(C)c1O. The second-order valence-electron chi connectivity index (χ2n) is 2.26. The summed E-state index contributed by atoms with van der Waals surface area (Å²) < 4.78 is 0. The van der Waals surface area contributed by atoms with Gasteiger partial charge in [-0.25, -0.2) is 0 Å². The number of aromatic hydroxyl groups is 1. The lowest BCUT2D eigenvalue weighted by Gasteiger charge is -2.02. The highest BCUT2D eigenvalue weighted by Crippen LogP contribution is 2.26. The maximum absolute atomic E-state index is 9.28. The maximum Gasteiger partial charge on any atom is 0.122 e. The Morgan fingerprint density at radius 3 is 2.60 bits per heavy atom. The van der Waals surface area contributed by atoms with Crippen LogP contribution in [0.5, 0.6) is 5.75 Å². The lowest BCUT2D eigenvalue weighted by molar-refractivity contribution is 0.467. The van der Waals surface area contributed by atoms with Crippen LogP contribution in [0.25, 0.3) is 0 Å². The number of phenols is 1. The standard InChI is InChI=1S/C8H8ClO/c1-5-3-4-7(9)6(2)8(5)10/h3,10H,1-2H3. The van der Waals surface area contributed by atoms with Crippen molar-refractivity contribution >= 4 is 11.6 Å². The molecule has 1 radical (unpaired) electrons. The molecule has 0 aromatic heterocycles. The molecule has 0 spiro atoms. The molecule has 1 aromatic rings. The van der Waals surface area contributed by atoms with Crippen LogP contribution in [0.15, 0.2) is 6.07 Å². The molecule has 2 heteroatoms. The zero-order valence-corrected chi connectivity index (χ0v) is 6.66. The van der Waals surface area contributed by atoms with Crippen LogP contribution in [0, 0.1) is 19.9 Å². The molecule has 1 rings (SSSR count). The van der Waals surface area contributed by atoms with Gasteiger partial charge in [-0.1, -0.05) is 11.6 Å². The number of rotatable bonds is 0. The van der Waals surface area contributed by atoms with Crippen molar-refractivity contribution in [2.75, 3.05) is 0 Å². The molecule has 53 valence electrons. The number of aryl methyl sites for hydroxylation is 1. The topological polar surface area (TPSA) is 20.2 Å². The summed E-state index contributed by atoms with van der Waals surface area (Å²) in [7, 11) is 0. The summed E-state index contributed by atoms with van der Waals surface area (Å²) in [5.74, 6) is 0.267. The van der Waals surface area contributed by atoms with Crippen molar-refractivity contribution in [3.63, 3.8) is 0 Å². The molecule has 0 heterocycles. The van der Waals surface area contributed by atoms with Crippen LogP contribution in [0.4, 0.5) is 0 Å². The summed E-state index contributed by atoms with van der Waals surface area (Å²) in [6.07, 6.45) is 0. The van der Waals surface area contributed by atoms with Crippen molar-refractivity contribution in [3.05, 3.63) is 28.3 Å². The fraction of sp³-hybridized carbons (Fsp3) is 0.250. The van der Waals surface area contributed by atoms with E-state index in [0.717, 1.165) is 5.56 Å². The van der Waals surface area contributed by atoms with Crippen LogP contribution in [0.3, 0.4) is 0 Å². The van der Waals surface area contributed by atoms with E-state index in [1.165, 1.54) is 0 Å². The third-order valence-electron chi connectivity index (χ3n) is 1.47. The summed E-state index contributed by atoms with van der Waals surface area (Å²) in [4.78, 5) is 0. The van der Waals surface area contributed by atoms with E-state index in [2.05, 4.69) is 6.07 Å². The maximum atomic E-state index is 9.28. The number of phenolic OH excluding ortho intramolecular Hbond substituents is 1. The molecule has 0 aliphatic carbocycles. The van der Waals surface area contributed by atoms with Gasteiger partial charge in [-0.15, -0.1) is 0 Å². The van der Waals surface area contributed by atoms with Gasteiger partial charge in [0.15, 0.2) is 0 Å². The molecule has 0 fully saturated rings. The molecule has 1 aromatic carbocycles. The zero-order valence-electron chi connectivity index (χ0n) is 5.90. The summed E-state index contributed by atoms with van der Waals surface area (Å²) in [6, 6.07) is 4.49. The molecular formula is C8H8ClO. The van der Waals surface area contributed by atoms with Crippen LogP contribution in [0.2, 0.25) is 5.02 Å². The van der Waals surface area contributed by atoms with E-state index in [9.17, 15) is 5.11 Å². The summed E-state index contributed by atoms with van der Waals surface area (Å²) in [5, 5.41) is 9.77. The highest BCUT2D eigenvalue weighted by Gasteiger charge is 2.02. The van der Waals surface area contributed by atoms with E-state index < -0.39 is 0 Å². The normalized spacial score (nSPS) is 9.90. The third-order valence-corrected chi connectivity index (χ3v) is 1.87. The van der Waals surface area contributed by atoms with Crippen LogP contribution in [0.1, 0.15) is 11.1 Å². The van der Waals surface area contributed by atoms with Crippen molar-refractivity contribution in [1.29, 1.82) is 0 Å². The summed E-state index contributed by atoms with van der Waals surface area (Å²) in [5.41, 5.74) is 1.50. The van der Waals surface area contributed by atoms with Gasteiger partial charge in [0.2, 0.25) is 0 Å². The highest BCUT2D eigenvalue weighted by atomic mass is 35.5. The van der Waals surface area contributed by atoms with E-state index in [1.807, 2.05) is 6.92 Å². The molecular weight excluding hydrogens is 148 g/mol. The quantitative estimate of drug-likeness (QED) is 0.610. The first-order valence-corrected chi connectivity index (χ1v) is 3.37. The van der Waals surface area contributed by atoms with Crippen LogP contribution in [-0.4, -0.2) is 5.11 Å². The van der Waals surface area contributed by atoms with E-state index in [0.29, 0.717) is 10.6 Å². The Morgan fingerprint density at radius 1 is 1.50 bits per heavy atom. The van der Waals surface area contributed by atoms with Crippen LogP contribution >= 0.6 is 11.6 Å². The molecule has 0 aliphatic rings. The molecule has 0 aliphatic heterocycles. The van der Waals surface area contributed by atoms with E-state index in [-0.39, 0.29) is 5.75 Å². The molecule has 0 atom stereocenters. The van der Waals surface area contributed by atoms with Gasteiger partial charge in [-0.05, 0) is 25.5 Å². The molecule has 0 saturated carbocycles.